The fraction of sp³-hybridized carbons (Fsp3) is 0.476. The van der Waals surface area contributed by atoms with Crippen molar-refractivity contribution < 1.29 is 58.9 Å². The minimum atomic E-state index is -1.50. The third-order valence-electron chi connectivity index (χ3n) is 5.95. The molecule has 2 aliphatic rings. The van der Waals surface area contributed by atoms with E-state index in [4.69, 9.17) is 0 Å². The van der Waals surface area contributed by atoms with Crippen LogP contribution in [-0.4, -0.2) is 8.07 Å². The van der Waals surface area contributed by atoms with Crippen LogP contribution in [0.2, 0.25) is 18.1 Å². The largest absolute Gasteiger partial charge is 4.00 e. The molecule has 5 atom stereocenters. The number of benzene rings is 1. The molecule has 0 bridgehead atoms. The van der Waals surface area contributed by atoms with Crippen molar-refractivity contribution in [2.45, 2.75) is 44.8 Å². The first-order valence-electron chi connectivity index (χ1n) is 8.92. The maximum atomic E-state index is 2.65. The quantitative estimate of drug-likeness (QED) is 0.312. The third-order valence-corrected chi connectivity index (χ3v) is 11.4. The van der Waals surface area contributed by atoms with Gasteiger partial charge < -0.3 is 43.6 Å². The fourth-order valence-corrected chi connectivity index (χ4v) is 10.4. The molecule has 0 amide bonds. The number of fused-ring (bicyclic) bond motifs is 1. The van der Waals surface area contributed by atoms with Gasteiger partial charge >= 0.3 is 21.7 Å². The van der Waals surface area contributed by atoms with E-state index in [1.54, 1.807) is 5.19 Å². The monoisotopic (exact) mass is 462 g/mol. The molecule has 1 saturated carbocycles. The molecular weight excluding hydrogens is 435 g/mol. The van der Waals surface area contributed by atoms with Crippen molar-refractivity contribution in [1.82, 2.24) is 0 Å². The molecular formula is C21H29Cl3SiTi. The van der Waals surface area contributed by atoms with Crippen molar-refractivity contribution >= 4 is 13.3 Å². The Labute approximate surface area is 194 Å². The van der Waals surface area contributed by atoms with E-state index in [0.717, 1.165) is 17.4 Å². The molecule has 0 N–H and O–H groups in total. The van der Waals surface area contributed by atoms with Crippen LogP contribution in [0.5, 0.6) is 0 Å². The van der Waals surface area contributed by atoms with Crippen LogP contribution in [0.25, 0.3) is 0 Å². The van der Waals surface area contributed by atoms with E-state index in [-0.39, 0.29) is 58.9 Å². The molecule has 5 heteroatoms. The molecule has 5 unspecified atom stereocenters. The molecule has 1 aromatic carbocycles. The van der Waals surface area contributed by atoms with E-state index in [0.29, 0.717) is 5.92 Å². The Morgan fingerprint density at radius 2 is 1.62 bits per heavy atom. The zero-order valence-corrected chi connectivity index (χ0v) is 20.7. The summed E-state index contributed by atoms with van der Waals surface area (Å²) in [6.45, 7) is 7.45. The number of rotatable bonds is 5. The van der Waals surface area contributed by atoms with Crippen molar-refractivity contribution in [3.8, 4) is 0 Å². The van der Waals surface area contributed by atoms with E-state index < -0.39 is 8.07 Å². The number of unbranched alkanes of at least 4 members (excludes halogenated alkanes) is 1. The van der Waals surface area contributed by atoms with Crippen LogP contribution in [0.15, 0.2) is 54.6 Å². The van der Waals surface area contributed by atoms with Crippen LogP contribution in [0.4, 0.5) is 0 Å². The summed E-state index contributed by atoms with van der Waals surface area (Å²) in [4.78, 5) is 0. The van der Waals surface area contributed by atoms with Crippen LogP contribution in [0, 0.1) is 24.2 Å². The van der Waals surface area contributed by atoms with Gasteiger partial charge in [-0.3, -0.25) is 0 Å². The third kappa shape index (κ3) is 5.75. The Morgan fingerprint density at radius 3 is 2.23 bits per heavy atom. The van der Waals surface area contributed by atoms with Gasteiger partial charge in [-0.25, -0.2) is 0 Å². The maximum Gasteiger partial charge on any atom is 4.00 e. The fourth-order valence-electron chi connectivity index (χ4n) is 4.89. The van der Waals surface area contributed by atoms with Crippen molar-refractivity contribution in [3.63, 3.8) is 0 Å². The summed E-state index contributed by atoms with van der Waals surface area (Å²) in [5.41, 5.74) is 0.840. The molecule has 3 rings (SSSR count). The van der Waals surface area contributed by atoms with Crippen molar-refractivity contribution in [2.24, 2.45) is 17.8 Å². The molecule has 0 heterocycles. The molecule has 142 valence electrons. The van der Waals surface area contributed by atoms with Gasteiger partial charge in [0, 0.05) is 0 Å². The molecule has 1 fully saturated rings. The first-order valence-corrected chi connectivity index (χ1v) is 11.7. The van der Waals surface area contributed by atoms with Crippen LogP contribution in [0.1, 0.15) is 26.7 Å². The smallest absolute Gasteiger partial charge is 1.00 e. The van der Waals surface area contributed by atoms with Crippen LogP contribution in [-0.2, 0) is 21.7 Å². The molecule has 0 radical (unpaired) electrons. The van der Waals surface area contributed by atoms with Crippen LogP contribution >= 0.6 is 0 Å². The molecule has 2 aliphatic carbocycles. The van der Waals surface area contributed by atoms with Gasteiger partial charge in [-0.1, -0.05) is 98.6 Å². The molecule has 0 aliphatic heterocycles. The van der Waals surface area contributed by atoms with Gasteiger partial charge in [0.2, 0.25) is 0 Å². The van der Waals surface area contributed by atoms with Crippen molar-refractivity contribution in [3.05, 3.63) is 61.1 Å². The molecule has 0 spiro atoms. The summed E-state index contributed by atoms with van der Waals surface area (Å²) >= 11 is 0. The van der Waals surface area contributed by atoms with Crippen LogP contribution in [0.3, 0.4) is 0 Å². The first kappa shape index (κ1) is 28.7. The molecule has 0 saturated heterocycles. The zero-order chi connectivity index (χ0) is 15.6. The summed E-state index contributed by atoms with van der Waals surface area (Å²) < 4.78 is 0. The van der Waals surface area contributed by atoms with Crippen molar-refractivity contribution in [1.29, 1.82) is 0 Å². The number of hydrogen-bond donors (Lipinski definition) is 0. The van der Waals surface area contributed by atoms with E-state index >= 15 is 0 Å². The van der Waals surface area contributed by atoms with Gasteiger partial charge in [0.1, 0.15) is 0 Å². The van der Waals surface area contributed by atoms with Gasteiger partial charge in [0.05, 0.1) is 8.07 Å². The summed E-state index contributed by atoms with van der Waals surface area (Å²) in [6, 6.07) is 12.9. The Bertz CT molecular complexity index is 564. The maximum absolute atomic E-state index is 2.65. The average Bonchev–Trinajstić information content (AvgIpc) is 2.90. The second-order valence-electron chi connectivity index (χ2n) is 7.39. The van der Waals surface area contributed by atoms with E-state index in [2.05, 4.69) is 81.5 Å². The van der Waals surface area contributed by atoms with Gasteiger partial charge in [-0.2, -0.15) is 5.92 Å². The Balaban J connectivity index is 0. The van der Waals surface area contributed by atoms with Gasteiger partial charge in [0.15, 0.2) is 0 Å². The Kier molecular flexibility index (Phi) is 14.2. The second kappa shape index (κ2) is 12.9. The average molecular weight is 464 g/mol. The van der Waals surface area contributed by atoms with E-state index in [1.165, 1.54) is 18.9 Å². The van der Waals surface area contributed by atoms with Crippen molar-refractivity contribution in [2.75, 3.05) is 0 Å². The zero-order valence-electron chi connectivity index (χ0n) is 15.8. The molecule has 26 heavy (non-hydrogen) atoms. The summed E-state index contributed by atoms with van der Waals surface area (Å²) in [5, 5.41) is 1.66. The predicted molar refractivity (Wildman–Crippen MR) is 99.9 cm³/mol. The molecule has 1 aromatic rings. The minimum Gasteiger partial charge on any atom is -1.00 e. The SMILES string of the molecule is CCCC[Si](C)(c1ccccc1)C1C(C)[CH-]C2C=CC=CC21.[Cl-].[Cl-].[Cl-].[Ti+4]. The van der Waals surface area contributed by atoms with Crippen LogP contribution < -0.4 is 42.4 Å². The van der Waals surface area contributed by atoms with E-state index in [9.17, 15) is 0 Å². The molecule has 0 aromatic heterocycles. The Hall–Kier alpha value is 0.501. The standard InChI is InChI=1S/C21H29Si.3ClH.Ti/c1-4-5-15-22(3,19-12-7-6-8-13-19)21-17(2)16-18-11-9-10-14-20(18)21;;;;/h6-14,16-18,20-21H,4-5,15H2,1-3H3;3*1H;/q-1;;;;+4/p-3. The Morgan fingerprint density at radius 1 is 1.00 bits per heavy atom. The van der Waals surface area contributed by atoms with Gasteiger partial charge in [0.25, 0.3) is 0 Å². The second-order valence-corrected chi connectivity index (χ2v) is 12.0. The number of halogens is 3. The number of hydrogen-bond acceptors (Lipinski definition) is 0. The predicted octanol–water partition coefficient (Wildman–Crippen LogP) is -3.64. The van der Waals surface area contributed by atoms with Gasteiger partial charge in [-0.05, 0) is 5.92 Å². The summed E-state index contributed by atoms with van der Waals surface area (Å²) in [5.74, 6) is 2.13. The normalized spacial score (nSPS) is 27.7. The summed E-state index contributed by atoms with van der Waals surface area (Å²) in [6.07, 6.45) is 14.7. The summed E-state index contributed by atoms with van der Waals surface area (Å²) in [7, 11) is -1.50. The number of allylic oxidation sites excluding steroid dienone is 4. The topological polar surface area (TPSA) is 0 Å². The van der Waals surface area contributed by atoms with E-state index in [1.807, 2.05) is 0 Å². The minimum absolute atomic E-state index is 0. The first-order chi connectivity index (χ1) is 10.7. The van der Waals surface area contributed by atoms with Gasteiger partial charge in [-0.15, -0.1) is 12.0 Å². The molecule has 0 nitrogen and oxygen atoms in total.